The molecule has 1 aromatic carbocycles. The normalized spacial score (nSPS) is 12.4. The quantitative estimate of drug-likeness (QED) is 0.832. The maximum atomic E-state index is 9.81. The van der Waals surface area contributed by atoms with Crippen LogP contribution in [-0.2, 0) is 5.75 Å². The number of pyridine rings is 1. The van der Waals surface area contributed by atoms with Gasteiger partial charge >= 0.3 is 0 Å². The Morgan fingerprint density at radius 3 is 2.63 bits per heavy atom. The molecule has 0 radical (unpaired) electrons. The zero-order chi connectivity index (χ0) is 13.7. The summed E-state index contributed by atoms with van der Waals surface area (Å²) >= 11 is 1.74. The van der Waals surface area contributed by atoms with Gasteiger partial charge in [0, 0.05) is 11.9 Å². The van der Waals surface area contributed by atoms with Gasteiger partial charge < -0.3 is 5.11 Å². The molecule has 0 amide bonds. The third kappa shape index (κ3) is 3.82. The van der Waals surface area contributed by atoms with Crippen LogP contribution in [0.1, 0.15) is 36.1 Å². The van der Waals surface area contributed by atoms with Gasteiger partial charge in [-0.15, -0.1) is 11.8 Å². The number of hydrogen-bond acceptors (Lipinski definition) is 3. The van der Waals surface area contributed by atoms with Gasteiger partial charge in [-0.2, -0.15) is 0 Å². The summed E-state index contributed by atoms with van der Waals surface area (Å²) in [6, 6.07) is 12.4. The fourth-order valence-corrected chi connectivity index (χ4v) is 2.79. The Morgan fingerprint density at radius 2 is 2.00 bits per heavy atom. The maximum Gasteiger partial charge on any atom is 0.0992 e. The summed E-state index contributed by atoms with van der Waals surface area (Å²) in [5.41, 5.74) is 3.33. The molecule has 0 unspecified atom stereocenters. The van der Waals surface area contributed by atoms with Gasteiger partial charge in [-0.25, -0.2) is 4.98 Å². The van der Waals surface area contributed by atoms with Gasteiger partial charge in [-0.3, -0.25) is 0 Å². The van der Waals surface area contributed by atoms with E-state index in [2.05, 4.69) is 29.2 Å². The largest absolute Gasteiger partial charge is 0.388 e. The molecule has 1 atom stereocenters. The average molecular weight is 273 g/mol. The molecule has 100 valence electrons. The molecular weight excluding hydrogens is 254 g/mol. The number of benzene rings is 1. The fourth-order valence-electron chi connectivity index (χ4n) is 1.88. The fraction of sp³-hybridized carbons (Fsp3) is 0.312. The summed E-state index contributed by atoms with van der Waals surface area (Å²) in [5, 5.41) is 10.8. The molecule has 0 saturated heterocycles. The molecule has 3 heteroatoms. The molecule has 1 N–H and O–H groups in total. The molecule has 0 bridgehead atoms. The van der Waals surface area contributed by atoms with Gasteiger partial charge in [-0.05, 0) is 36.1 Å². The van der Waals surface area contributed by atoms with Crippen molar-refractivity contribution in [2.24, 2.45) is 0 Å². The first-order valence-corrected chi connectivity index (χ1v) is 7.50. The average Bonchev–Trinajstić information content (AvgIpc) is 2.46. The first-order valence-electron chi connectivity index (χ1n) is 6.52. The van der Waals surface area contributed by atoms with Crippen LogP contribution in [0.25, 0.3) is 0 Å². The number of aliphatic hydroxyl groups excluding tert-OH is 1. The lowest BCUT2D eigenvalue weighted by Crippen LogP contribution is -1.98. The van der Waals surface area contributed by atoms with Crippen LogP contribution in [0.3, 0.4) is 0 Å². The number of aryl methyl sites for hydroxylation is 1. The Balaban J connectivity index is 2.05. The van der Waals surface area contributed by atoms with Crippen LogP contribution in [0.4, 0.5) is 0 Å². The van der Waals surface area contributed by atoms with Crippen molar-refractivity contribution >= 4 is 11.8 Å². The van der Waals surface area contributed by atoms with Crippen LogP contribution < -0.4 is 0 Å². The van der Waals surface area contributed by atoms with Crippen LogP contribution >= 0.6 is 11.8 Å². The second kappa shape index (κ2) is 6.73. The second-order valence-corrected chi connectivity index (χ2v) is 5.55. The van der Waals surface area contributed by atoms with E-state index in [1.807, 2.05) is 26.0 Å². The molecule has 2 nitrogen and oxygen atoms in total. The van der Waals surface area contributed by atoms with Gasteiger partial charge in [0.2, 0.25) is 0 Å². The lowest BCUT2D eigenvalue weighted by Gasteiger charge is -2.11. The van der Waals surface area contributed by atoms with Gasteiger partial charge in [0.1, 0.15) is 0 Å². The summed E-state index contributed by atoms with van der Waals surface area (Å²) in [5.74, 6) is 0.921. The molecule has 2 aromatic rings. The minimum Gasteiger partial charge on any atom is -0.388 e. The van der Waals surface area contributed by atoms with Gasteiger partial charge in [0.05, 0.1) is 11.1 Å². The highest BCUT2D eigenvalue weighted by molar-refractivity contribution is 7.98. The number of aromatic nitrogens is 1. The number of aliphatic hydroxyl groups is 1. The topological polar surface area (TPSA) is 33.1 Å². The van der Waals surface area contributed by atoms with Gasteiger partial charge in [-0.1, -0.05) is 37.3 Å². The Labute approximate surface area is 118 Å². The molecule has 1 aromatic heterocycles. The van der Waals surface area contributed by atoms with Crippen molar-refractivity contribution in [3.8, 4) is 0 Å². The first-order chi connectivity index (χ1) is 9.20. The first kappa shape index (κ1) is 14.1. The number of nitrogens with zero attached hydrogens (tertiary/aromatic N) is 1. The van der Waals surface area contributed by atoms with E-state index in [9.17, 15) is 5.11 Å². The standard InChI is InChI=1S/C16H19NOS/c1-3-15(18)14-9-12(2)16(17-10-14)19-11-13-7-5-4-6-8-13/h4-10,15,18H,3,11H2,1-2H3/t15-/m1/s1. The van der Waals surface area contributed by atoms with Crippen molar-refractivity contribution in [2.75, 3.05) is 0 Å². The summed E-state index contributed by atoms with van der Waals surface area (Å²) < 4.78 is 0. The SMILES string of the molecule is CC[C@@H](O)c1cnc(SCc2ccccc2)c(C)c1. The van der Waals surface area contributed by atoms with Crippen molar-refractivity contribution < 1.29 is 5.11 Å². The summed E-state index contributed by atoms with van der Waals surface area (Å²) in [7, 11) is 0. The Bertz CT molecular complexity index is 528. The zero-order valence-electron chi connectivity index (χ0n) is 11.3. The van der Waals surface area contributed by atoms with Crippen molar-refractivity contribution in [3.63, 3.8) is 0 Å². The lowest BCUT2D eigenvalue weighted by molar-refractivity contribution is 0.173. The van der Waals surface area contributed by atoms with Gasteiger partial charge in [0.25, 0.3) is 0 Å². The van der Waals surface area contributed by atoms with E-state index < -0.39 is 6.10 Å². The van der Waals surface area contributed by atoms with E-state index in [1.54, 1.807) is 18.0 Å². The highest BCUT2D eigenvalue weighted by Crippen LogP contribution is 2.26. The molecular formula is C16H19NOS. The highest BCUT2D eigenvalue weighted by atomic mass is 32.2. The molecule has 0 fully saturated rings. The van der Waals surface area contributed by atoms with Crippen LogP contribution in [-0.4, -0.2) is 10.1 Å². The van der Waals surface area contributed by atoms with Crippen molar-refractivity contribution in [1.82, 2.24) is 4.98 Å². The molecule has 1 heterocycles. The molecule has 0 aliphatic heterocycles. The van der Waals surface area contributed by atoms with Crippen LogP contribution in [0.2, 0.25) is 0 Å². The Hall–Kier alpha value is -1.32. The third-order valence-electron chi connectivity index (χ3n) is 3.04. The zero-order valence-corrected chi connectivity index (χ0v) is 12.2. The number of hydrogen-bond donors (Lipinski definition) is 1. The Kier molecular flexibility index (Phi) is 5.00. The lowest BCUT2D eigenvalue weighted by atomic mass is 10.1. The highest BCUT2D eigenvalue weighted by Gasteiger charge is 2.08. The molecule has 0 aliphatic carbocycles. The van der Waals surface area contributed by atoms with E-state index in [0.29, 0.717) is 0 Å². The molecule has 0 saturated carbocycles. The predicted molar refractivity (Wildman–Crippen MR) is 80.2 cm³/mol. The van der Waals surface area contributed by atoms with E-state index in [4.69, 9.17) is 0 Å². The van der Waals surface area contributed by atoms with E-state index >= 15 is 0 Å². The van der Waals surface area contributed by atoms with E-state index in [0.717, 1.165) is 28.3 Å². The summed E-state index contributed by atoms with van der Waals surface area (Å²) in [6.45, 7) is 4.02. The smallest absolute Gasteiger partial charge is 0.0992 e. The molecule has 0 spiro atoms. The van der Waals surface area contributed by atoms with Crippen molar-refractivity contribution in [3.05, 3.63) is 59.3 Å². The van der Waals surface area contributed by atoms with Crippen molar-refractivity contribution in [2.45, 2.75) is 37.2 Å². The second-order valence-electron chi connectivity index (χ2n) is 4.59. The minimum atomic E-state index is -0.403. The van der Waals surface area contributed by atoms with E-state index in [-0.39, 0.29) is 0 Å². The van der Waals surface area contributed by atoms with E-state index in [1.165, 1.54) is 5.56 Å². The van der Waals surface area contributed by atoms with Crippen LogP contribution in [0.15, 0.2) is 47.6 Å². The maximum absolute atomic E-state index is 9.81. The predicted octanol–water partition coefficient (Wildman–Crippen LogP) is 4.13. The number of thioether (sulfide) groups is 1. The summed E-state index contributed by atoms with van der Waals surface area (Å²) in [6.07, 6.45) is 2.10. The minimum absolute atomic E-state index is 0.403. The third-order valence-corrected chi connectivity index (χ3v) is 4.22. The van der Waals surface area contributed by atoms with Crippen LogP contribution in [0, 0.1) is 6.92 Å². The monoisotopic (exact) mass is 273 g/mol. The molecule has 19 heavy (non-hydrogen) atoms. The number of rotatable bonds is 5. The van der Waals surface area contributed by atoms with Crippen LogP contribution in [0.5, 0.6) is 0 Å². The summed E-state index contributed by atoms with van der Waals surface area (Å²) in [4.78, 5) is 4.47. The molecule has 0 aliphatic rings. The Morgan fingerprint density at radius 1 is 1.26 bits per heavy atom. The van der Waals surface area contributed by atoms with Crippen molar-refractivity contribution in [1.29, 1.82) is 0 Å². The molecule has 2 rings (SSSR count). The van der Waals surface area contributed by atoms with Gasteiger partial charge in [0.15, 0.2) is 0 Å².